The predicted molar refractivity (Wildman–Crippen MR) is 93.5 cm³/mol. The summed E-state index contributed by atoms with van der Waals surface area (Å²) in [5, 5.41) is 2.76. The maximum Gasteiger partial charge on any atom is 0.232 e. The van der Waals surface area contributed by atoms with Gasteiger partial charge in [0.2, 0.25) is 15.9 Å². The number of benzene rings is 1. The van der Waals surface area contributed by atoms with Crippen LogP contribution in [0.5, 0.6) is 0 Å². The van der Waals surface area contributed by atoms with E-state index >= 15 is 0 Å². The highest BCUT2D eigenvalue weighted by Crippen LogP contribution is 2.25. The molecule has 0 bridgehead atoms. The van der Waals surface area contributed by atoms with Gasteiger partial charge >= 0.3 is 0 Å². The first-order valence-corrected chi connectivity index (χ1v) is 9.76. The van der Waals surface area contributed by atoms with Crippen LogP contribution in [0.25, 0.3) is 0 Å². The van der Waals surface area contributed by atoms with Crippen LogP contribution in [-0.4, -0.2) is 33.7 Å². The normalized spacial score (nSPS) is 11.5. The number of aryl methyl sites for hydroxylation is 1. The molecule has 1 aromatic rings. The Bertz CT molecular complexity index is 630. The second-order valence-electron chi connectivity index (χ2n) is 5.71. The topological polar surface area (TPSA) is 66.5 Å². The number of anilines is 1. The van der Waals surface area contributed by atoms with Crippen molar-refractivity contribution in [3.63, 3.8) is 0 Å². The highest BCUT2D eigenvalue weighted by Gasteiger charge is 2.19. The molecule has 0 aliphatic heterocycles. The van der Waals surface area contributed by atoms with E-state index in [-0.39, 0.29) is 24.9 Å². The van der Waals surface area contributed by atoms with Crippen LogP contribution >= 0.6 is 15.9 Å². The summed E-state index contributed by atoms with van der Waals surface area (Å²) >= 11 is 3.37. The molecule has 0 atom stereocenters. The third-order valence-electron chi connectivity index (χ3n) is 3.06. The molecule has 0 unspecified atom stereocenters. The van der Waals surface area contributed by atoms with E-state index < -0.39 is 10.0 Å². The molecule has 1 rings (SSSR count). The van der Waals surface area contributed by atoms with Gasteiger partial charge in [0.05, 0.1) is 18.5 Å². The van der Waals surface area contributed by atoms with Gasteiger partial charge in [-0.3, -0.25) is 9.10 Å². The van der Waals surface area contributed by atoms with Gasteiger partial charge in [0.25, 0.3) is 0 Å². The van der Waals surface area contributed by atoms with Crippen LogP contribution < -0.4 is 9.62 Å². The number of nitrogens with one attached hydrogen (secondary N) is 1. The molecule has 1 N–H and O–H groups in total. The highest BCUT2D eigenvalue weighted by atomic mass is 79.9. The van der Waals surface area contributed by atoms with E-state index in [1.54, 1.807) is 12.1 Å². The Morgan fingerprint density at radius 3 is 2.50 bits per heavy atom. The highest BCUT2D eigenvalue weighted by molar-refractivity contribution is 9.10. The number of sulfonamides is 1. The van der Waals surface area contributed by atoms with Crippen LogP contribution in [0.15, 0.2) is 22.7 Å². The zero-order valence-electron chi connectivity index (χ0n) is 13.4. The third-order valence-corrected chi connectivity index (χ3v) is 4.73. The Morgan fingerprint density at radius 1 is 1.36 bits per heavy atom. The van der Waals surface area contributed by atoms with Gasteiger partial charge in [-0.05, 0) is 36.6 Å². The van der Waals surface area contributed by atoms with Gasteiger partial charge < -0.3 is 5.32 Å². The first-order chi connectivity index (χ1) is 10.1. The van der Waals surface area contributed by atoms with Crippen LogP contribution in [-0.2, 0) is 14.8 Å². The lowest BCUT2D eigenvalue weighted by Gasteiger charge is -2.24. The lowest BCUT2D eigenvalue weighted by molar-refractivity contribution is -0.121. The van der Waals surface area contributed by atoms with Gasteiger partial charge in [0.15, 0.2) is 0 Å². The molecule has 0 aliphatic rings. The molecular weight excluding hydrogens is 368 g/mol. The van der Waals surface area contributed by atoms with Gasteiger partial charge in [0, 0.05) is 17.4 Å². The van der Waals surface area contributed by atoms with Crippen LogP contribution in [0, 0.1) is 12.8 Å². The van der Waals surface area contributed by atoms with Crippen molar-refractivity contribution < 1.29 is 13.2 Å². The van der Waals surface area contributed by atoms with Gasteiger partial charge in [-0.25, -0.2) is 8.42 Å². The number of rotatable bonds is 7. The van der Waals surface area contributed by atoms with Crippen LogP contribution in [0.3, 0.4) is 0 Å². The fourth-order valence-electron chi connectivity index (χ4n) is 2.10. The molecule has 5 nitrogen and oxygen atoms in total. The molecule has 0 aromatic heterocycles. The third kappa shape index (κ3) is 5.96. The van der Waals surface area contributed by atoms with Gasteiger partial charge in [-0.2, -0.15) is 0 Å². The maximum atomic E-state index is 12.0. The minimum atomic E-state index is -3.41. The minimum Gasteiger partial charge on any atom is -0.354 e. The molecule has 0 aliphatic carbocycles. The van der Waals surface area contributed by atoms with Crippen molar-refractivity contribution in [2.24, 2.45) is 5.92 Å². The van der Waals surface area contributed by atoms with E-state index in [0.717, 1.165) is 10.0 Å². The lowest BCUT2D eigenvalue weighted by atomic mass is 10.1. The van der Waals surface area contributed by atoms with Crippen molar-refractivity contribution in [1.82, 2.24) is 5.32 Å². The molecule has 0 saturated heterocycles. The summed E-state index contributed by atoms with van der Waals surface area (Å²) in [5.41, 5.74) is 1.48. The van der Waals surface area contributed by atoms with Crippen LogP contribution in [0.2, 0.25) is 0 Å². The zero-order chi connectivity index (χ0) is 16.9. The number of halogens is 1. The number of carbonyl (C=O) groups is 1. The fourth-order valence-corrected chi connectivity index (χ4v) is 3.56. The standard InChI is InChI=1S/C15H23BrN2O3S/c1-11(2)9-15(19)17-7-8-18(22(4,20)21)14-6-5-13(16)10-12(14)3/h5-6,10-11H,7-9H2,1-4H3,(H,17,19). The second-order valence-corrected chi connectivity index (χ2v) is 8.54. The number of nitrogens with zero attached hydrogens (tertiary/aromatic N) is 1. The van der Waals surface area contributed by atoms with E-state index in [4.69, 9.17) is 0 Å². The largest absolute Gasteiger partial charge is 0.354 e. The summed E-state index contributed by atoms with van der Waals surface area (Å²) in [6.45, 7) is 6.29. The van der Waals surface area contributed by atoms with E-state index in [9.17, 15) is 13.2 Å². The molecule has 0 heterocycles. The number of amides is 1. The Kier molecular flexibility index (Phi) is 6.87. The SMILES string of the molecule is Cc1cc(Br)ccc1N(CCNC(=O)CC(C)C)S(C)(=O)=O. The molecule has 0 saturated carbocycles. The second kappa shape index (κ2) is 7.97. The quantitative estimate of drug-likeness (QED) is 0.777. The maximum absolute atomic E-state index is 12.0. The van der Waals surface area contributed by atoms with Crippen LogP contribution in [0.1, 0.15) is 25.8 Å². The molecule has 22 heavy (non-hydrogen) atoms. The van der Waals surface area contributed by atoms with Gasteiger partial charge in [-0.15, -0.1) is 0 Å². The summed E-state index contributed by atoms with van der Waals surface area (Å²) in [5.74, 6) is 0.218. The Labute approximate surface area is 141 Å². The van der Waals surface area contributed by atoms with Crippen molar-refractivity contribution in [3.8, 4) is 0 Å². The Balaban J connectivity index is 2.81. The van der Waals surface area contributed by atoms with Gasteiger partial charge in [0.1, 0.15) is 0 Å². The van der Waals surface area contributed by atoms with E-state index in [2.05, 4.69) is 21.2 Å². The molecule has 1 aromatic carbocycles. The summed E-state index contributed by atoms with van der Waals surface area (Å²) in [6.07, 6.45) is 1.61. The number of hydrogen-bond donors (Lipinski definition) is 1. The Hall–Kier alpha value is -1.08. The lowest BCUT2D eigenvalue weighted by Crippen LogP contribution is -2.38. The molecule has 0 radical (unpaired) electrons. The van der Waals surface area contributed by atoms with Gasteiger partial charge in [-0.1, -0.05) is 29.8 Å². The Morgan fingerprint density at radius 2 is 2.00 bits per heavy atom. The smallest absolute Gasteiger partial charge is 0.232 e. The molecule has 7 heteroatoms. The molecule has 124 valence electrons. The molecule has 0 fully saturated rings. The van der Waals surface area contributed by atoms with E-state index in [1.807, 2.05) is 26.8 Å². The van der Waals surface area contributed by atoms with E-state index in [1.165, 1.54) is 10.6 Å². The van der Waals surface area contributed by atoms with Crippen molar-refractivity contribution in [2.45, 2.75) is 27.2 Å². The number of hydrogen-bond acceptors (Lipinski definition) is 3. The monoisotopic (exact) mass is 390 g/mol. The summed E-state index contributed by atoms with van der Waals surface area (Å²) < 4.78 is 26.3. The van der Waals surface area contributed by atoms with Crippen molar-refractivity contribution >= 4 is 37.5 Å². The summed E-state index contributed by atoms with van der Waals surface area (Å²) in [6, 6.07) is 5.43. The van der Waals surface area contributed by atoms with Crippen molar-refractivity contribution in [2.75, 3.05) is 23.7 Å². The average molecular weight is 391 g/mol. The first-order valence-electron chi connectivity index (χ1n) is 7.12. The minimum absolute atomic E-state index is 0.0593. The average Bonchev–Trinajstić information content (AvgIpc) is 2.33. The van der Waals surface area contributed by atoms with Crippen LogP contribution in [0.4, 0.5) is 5.69 Å². The predicted octanol–water partition coefficient (Wildman–Crippen LogP) is 2.69. The fraction of sp³-hybridized carbons (Fsp3) is 0.533. The molecule has 1 amide bonds. The van der Waals surface area contributed by atoms with Crippen molar-refractivity contribution in [1.29, 1.82) is 0 Å². The first kappa shape index (κ1) is 19.0. The van der Waals surface area contributed by atoms with Crippen molar-refractivity contribution in [3.05, 3.63) is 28.2 Å². The summed E-state index contributed by atoms with van der Waals surface area (Å²) in [4.78, 5) is 11.6. The van der Waals surface area contributed by atoms with E-state index in [0.29, 0.717) is 12.1 Å². The number of carbonyl (C=O) groups excluding carboxylic acids is 1. The summed E-state index contributed by atoms with van der Waals surface area (Å²) in [7, 11) is -3.41. The zero-order valence-corrected chi connectivity index (χ0v) is 15.8. The molecule has 0 spiro atoms. The molecular formula is C15H23BrN2O3S.